The predicted molar refractivity (Wildman–Crippen MR) is 133 cm³/mol. The summed E-state index contributed by atoms with van der Waals surface area (Å²) < 4.78 is 10.9. The number of amides is 2. The second-order valence-electron chi connectivity index (χ2n) is 9.44. The second-order valence-corrected chi connectivity index (χ2v) is 9.44. The maximum Gasteiger partial charge on any atom is 0.322 e. The third kappa shape index (κ3) is 4.93. The first-order valence-corrected chi connectivity index (χ1v) is 12.1. The van der Waals surface area contributed by atoms with E-state index in [1.807, 2.05) is 29.2 Å². The molecule has 0 saturated carbocycles. The minimum Gasteiger partial charge on any atom is -0.497 e. The number of ether oxygens (including phenoxy) is 1. The molecule has 1 N–H and O–H groups in total. The highest BCUT2D eigenvalue weighted by atomic mass is 16.5. The molecule has 0 radical (unpaired) electrons. The number of carbonyl (C=O) groups excluding carboxylic acids is 1. The van der Waals surface area contributed by atoms with E-state index in [1.54, 1.807) is 7.11 Å². The monoisotopic (exact) mass is 462 g/mol. The van der Waals surface area contributed by atoms with Gasteiger partial charge in [-0.1, -0.05) is 51.1 Å². The molecule has 180 valence electrons. The van der Waals surface area contributed by atoms with Crippen LogP contribution in [-0.4, -0.2) is 34.7 Å². The number of hydrogen-bond acceptors (Lipinski definition) is 5. The number of rotatable bonds is 6. The Morgan fingerprint density at radius 2 is 1.74 bits per heavy atom. The van der Waals surface area contributed by atoms with Crippen LogP contribution in [-0.2, 0) is 0 Å². The van der Waals surface area contributed by atoms with Gasteiger partial charge in [0, 0.05) is 17.8 Å². The number of nitrogens with one attached hydrogen (secondary N) is 1. The number of hydrogen-bond donors (Lipinski definition) is 1. The van der Waals surface area contributed by atoms with Crippen molar-refractivity contribution in [3.05, 3.63) is 59.5 Å². The van der Waals surface area contributed by atoms with Gasteiger partial charge in [0.1, 0.15) is 11.8 Å². The predicted octanol–water partition coefficient (Wildman–Crippen LogP) is 6.75. The fourth-order valence-corrected chi connectivity index (χ4v) is 4.53. The quantitative estimate of drug-likeness (QED) is 0.438. The van der Waals surface area contributed by atoms with Crippen LogP contribution in [0.5, 0.6) is 5.75 Å². The van der Waals surface area contributed by atoms with E-state index >= 15 is 0 Å². The average molecular weight is 463 g/mol. The molecule has 1 aliphatic heterocycles. The summed E-state index contributed by atoms with van der Waals surface area (Å²) in [6.07, 6.45) is 2.75. The topological polar surface area (TPSA) is 80.5 Å². The van der Waals surface area contributed by atoms with Gasteiger partial charge in [-0.15, -0.1) is 0 Å². The Morgan fingerprint density at radius 1 is 1.06 bits per heavy atom. The Balaban J connectivity index is 1.59. The number of benzene rings is 2. The van der Waals surface area contributed by atoms with Crippen LogP contribution >= 0.6 is 0 Å². The molecule has 0 spiro atoms. The van der Waals surface area contributed by atoms with Crippen molar-refractivity contribution in [2.45, 2.75) is 64.8 Å². The maximum atomic E-state index is 13.6. The molecule has 2 aromatic carbocycles. The van der Waals surface area contributed by atoms with Crippen LogP contribution in [0.15, 0.2) is 47.0 Å². The first-order valence-electron chi connectivity index (χ1n) is 12.1. The summed E-state index contributed by atoms with van der Waals surface area (Å²) >= 11 is 0. The van der Waals surface area contributed by atoms with Gasteiger partial charge in [-0.2, -0.15) is 4.98 Å². The number of likely N-dealkylation sites (tertiary alicyclic amines) is 1. The lowest BCUT2D eigenvalue weighted by Crippen LogP contribution is -2.41. The zero-order chi connectivity index (χ0) is 24.2. The van der Waals surface area contributed by atoms with Gasteiger partial charge in [0.05, 0.1) is 7.11 Å². The van der Waals surface area contributed by atoms with Crippen LogP contribution in [0.4, 0.5) is 10.5 Å². The highest BCUT2D eigenvalue weighted by molar-refractivity contribution is 5.91. The van der Waals surface area contributed by atoms with Gasteiger partial charge in [-0.3, -0.25) is 0 Å². The largest absolute Gasteiger partial charge is 0.497 e. The van der Waals surface area contributed by atoms with E-state index in [2.05, 4.69) is 61.4 Å². The third-order valence-corrected chi connectivity index (χ3v) is 6.44. The van der Waals surface area contributed by atoms with Gasteiger partial charge in [-0.25, -0.2) is 4.79 Å². The van der Waals surface area contributed by atoms with Crippen molar-refractivity contribution in [3.63, 3.8) is 0 Å². The zero-order valence-corrected chi connectivity index (χ0v) is 20.7. The number of urea groups is 1. The minimum atomic E-state index is -0.248. The summed E-state index contributed by atoms with van der Waals surface area (Å²) in [4.78, 5) is 20.1. The SMILES string of the molecule is COc1ccc(-c2noc(C3CCCCN3C(=O)Nc3c(C(C)C)cccc3C(C)C)n2)cc1. The molecule has 2 heterocycles. The van der Waals surface area contributed by atoms with Crippen LogP contribution in [0.2, 0.25) is 0 Å². The molecule has 1 aromatic heterocycles. The number of aromatic nitrogens is 2. The molecule has 1 unspecified atom stereocenters. The van der Waals surface area contributed by atoms with Gasteiger partial charge in [0.15, 0.2) is 0 Å². The first-order chi connectivity index (χ1) is 16.4. The summed E-state index contributed by atoms with van der Waals surface area (Å²) in [6.45, 7) is 9.25. The number of methoxy groups -OCH3 is 1. The fourth-order valence-electron chi connectivity index (χ4n) is 4.53. The molecule has 3 aromatic rings. The zero-order valence-electron chi connectivity index (χ0n) is 20.7. The van der Waals surface area contributed by atoms with Crippen LogP contribution < -0.4 is 10.1 Å². The molecule has 1 saturated heterocycles. The Hall–Kier alpha value is -3.35. The highest BCUT2D eigenvalue weighted by Crippen LogP contribution is 2.35. The second kappa shape index (κ2) is 10.3. The summed E-state index contributed by atoms with van der Waals surface area (Å²) in [7, 11) is 1.63. The van der Waals surface area contributed by atoms with E-state index in [4.69, 9.17) is 9.26 Å². The third-order valence-electron chi connectivity index (χ3n) is 6.44. The van der Waals surface area contributed by atoms with Gasteiger partial charge in [-0.05, 0) is 66.5 Å². The normalized spacial score (nSPS) is 16.2. The molecule has 4 rings (SSSR count). The molecule has 1 aliphatic rings. The lowest BCUT2D eigenvalue weighted by molar-refractivity contribution is 0.142. The standard InChI is InChI=1S/C27H34N4O3/c1-17(2)21-9-8-10-22(18(3)4)24(21)28-27(32)31-16-7-6-11-23(31)26-29-25(30-34-26)19-12-14-20(33-5)15-13-19/h8-10,12-15,17-18,23H,6-7,11,16H2,1-5H3,(H,28,32). The summed E-state index contributed by atoms with van der Waals surface area (Å²) in [5, 5.41) is 7.43. The number of anilines is 1. The number of carbonyl (C=O) groups is 1. The van der Waals surface area contributed by atoms with Crippen LogP contribution in [0.3, 0.4) is 0 Å². The van der Waals surface area contributed by atoms with Crippen LogP contribution in [0.1, 0.15) is 81.9 Å². The Kier molecular flexibility index (Phi) is 7.20. The highest BCUT2D eigenvalue weighted by Gasteiger charge is 2.33. The molecule has 1 fully saturated rings. The smallest absolute Gasteiger partial charge is 0.322 e. The summed E-state index contributed by atoms with van der Waals surface area (Å²) in [6, 6.07) is 13.4. The minimum absolute atomic E-state index is 0.121. The molecule has 7 nitrogen and oxygen atoms in total. The van der Waals surface area contributed by atoms with Gasteiger partial charge in [0.25, 0.3) is 0 Å². The van der Waals surface area contributed by atoms with Gasteiger partial charge in [0.2, 0.25) is 11.7 Å². The van der Waals surface area contributed by atoms with Crippen molar-refractivity contribution in [2.24, 2.45) is 0 Å². The lowest BCUT2D eigenvalue weighted by Gasteiger charge is -2.34. The van der Waals surface area contributed by atoms with E-state index in [0.717, 1.165) is 47.4 Å². The van der Waals surface area contributed by atoms with E-state index in [0.29, 0.717) is 30.1 Å². The maximum absolute atomic E-state index is 13.6. The Labute approximate surface area is 201 Å². The van der Waals surface area contributed by atoms with Crippen molar-refractivity contribution in [1.29, 1.82) is 0 Å². The Bertz CT molecular complexity index is 1090. The van der Waals surface area contributed by atoms with Crippen molar-refractivity contribution < 1.29 is 14.1 Å². The number of para-hydroxylation sites is 1. The van der Waals surface area contributed by atoms with E-state index < -0.39 is 0 Å². The van der Waals surface area contributed by atoms with E-state index in [9.17, 15) is 4.79 Å². The Morgan fingerprint density at radius 3 is 2.35 bits per heavy atom. The lowest BCUT2D eigenvalue weighted by atomic mass is 9.92. The fraction of sp³-hybridized carbons (Fsp3) is 0.444. The van der Waals surface area contributed by atoms with E-state index in [-0.39, 0.29) is 12.1 Å². The average Bonchev–Trinajstić information content (AvgIpc) is 3.34. The molecule has 2 amide bonds. The summed E-state index contributed by atoms with van der Waals surface area (Å²) in [5.41, 5.74) is 4.06. The van der Waals surface area contributed by atoms with Crippen molar-refractivity contribution >= 4 is 11.7 Å². The molecule has 0 aliphatic carbocycles. The summed E-state index contributed by atoms with van der Waals surface area (Å²) in [5.74, 6) is 2.35. The van der Waals surface area contributed by atoms with Crippen molar-refractivity contribution in [1.82, 2.24) is 15.0 Å². The molecule has 7 heteroatoms. The molecule has 34 heavy (non-hydrogen) atoms. The number of nitrogens with zero attached hydrogens (tertiary/aromatic N) is 3. The molecular formula is C27H34N4O3. The van der Waals surface area contributed by atoms with Crippen molar-refractivity contribution in [2.75, 3.05) is 19.0 Å². The first kappa shape index (κ1) is 23.8. The van der Waals surface area contributed by atoms with Gasteiger partial charge < -0.3 is 19.5 Å². The van der Waals surface area contributed by atoms with Crippen LogP contribution in [0.25, 0.3) is 11.4 Å². The van der Waals surface area contributed by atoms with Crippen LogP contribution in [0, 0.1) is 0 Å². The number of piperidine rings is 1. The molecule has 1 atom stereocenters. The molecule has 0 bridgehead atoms. The van der Waals surface area contributed by atoms with Crippen molar-refractivity contribution in [3.8, 4) is 17.1 Å². The molecular weight excluding hydrogens is 428 g/mol. The van der Waals surface area contributed by atoms with Gasteiger partial charge >= 0.3 is 6.03 Å². The van der Waals surface area contributed by atoms with E-state index in [1.165, 1.54) is 0 Å².